The van der Waals surface area contributed by atoms with Crippen LogP contribution < -0.4 is 5.73 Å². The molecule has 0 atom stereocenters. The topological polar surface area (TPSA) is 106 Å². The van der Waals surface area contributed by atoms with E-state index in [4.69, 9.17) is 10.8 Å². The summed E-state index contributed by atoms with van der Waals surface area (Å²) in [5, 5.41) is 8.71. The monoisotopic (exact) mass is 261 g/mol. The highest BCUT2D eigenvalue weighted by molar-refractivity contribution is 7.89. The number of hydrogen-bond acceptors (Lipinski definition) is 4. The van der Waals surface area contributed by atoms with E-state index in [1.54, 1.807) is 0 Å². The van der Waals surface area contributed by atoms with Gasteiger partial charge in [-0.05, 0) is 6.07 Å². The number of amides is 1. The molecule has 1 rings (SSSR count). The van der Waals surface area contributed by atoms with Crippen LogP contribution in [0.2, 0.25) is 0 Å². The van der Waals surface area contributed by atoms with Gasteiger partial charge in [-0.25, -0.2) is 8.42 Å². The van der Waals surface area contributed by atoms with Gasteiger partial charge in [0.05, 0.1) is 6.61 Å². The Kier molecular flexibility index (Phi) is 3.91. The number of rotatable bonds is 5. The Morgan fingerprint density at radius 2 is 2.18 bits per heavy atom. The average Bonchev–Trinajstić information content (AvgIpc) is 2.61. The van der Waals surface area contributed by atoms with E-state index in [0.717, 1.165) is 4.31 Å². The lowest BCUT2D eigenvalue weighted by Gasteiger charge is -2.14. The van der Waals surface area contributed by atoms with Crippen molar-refractivity contribution in [1.29, 1.82) is 0 Å². The summed E-state index contributed by atoms with van der Waals surface area (Å²) in [6, 6.07) is 1.21. The molecule has 0 spiro atoms. The molecule has 1 heterocycles. The van der Waals surface area contributed by atoms with Crippen LogP contribution in [-0.2, 0) is 17.1 Å². The summed E-state index contributed by atoms with van der Waals surface area (Å²) in [4.78, 5) is 11.0. The molecule has 1 amide bonds. The van der Waals surface area contributed by atoms with E-state index in [9.17, 15) is 13.2 Å². The Labute approximate surface area is 99.5 Å². The number of aliphatic hydroxyl groups excluding tert-OH is 1. The predicted octanol–water partition coefficient (Wildman–Crippen LogP) is -1.26. The van der Waals surface area contributed by atoms with Crippen LogP contribution in [0.3, 0.4) is 0 Å². The number of likely N-dealkylation sites (N-methyl/N-ethyl adjacent to an activating group) is 1. The van der Waals surface area contributed by atoms with Crippen LogP contribution in [-0.4, -0.2) is 48.5 Å². The molecule has 1 aromatic rings. The van der Waals surface area contributed by atoms with Gasteiger partial charge < -0.3 is 15.4 Å². The number of nitrogens with two attached hydrogens (primary N) is 1. The molecule has 0 aromatic carbocycles. The highest BCUT2D eigenvalue weighted by Gasteiger charge is 2.23. The number of carbonyl (C=O) groups excluding carboxylic acids is 1. The third-order valence-corrected chi connectivity index (χ3v) is 4.18. The van der Waals surface area contributed by atoms with Gasteiger partial charge in [0, 0.05) is 26.8 Å². The maximum Gasteiger partial charge on any atom is 0.265 e. The van der Waals surface area contributed by atoms with Gasteiger partial charge in [0.15, 0.2) is 0 Å². The Balaban J connectivity index is 3.17. The molecular formula is C9H15N3O4S. The molecule has 0 unspecified atom stereocenters. The Morgan fingerprint density at radius 3 is 2.59 bits per heavy atom. The van der Waals surface area contributed by atoms with Gasteiger partial charge in [-0.3, -0.25) is 4.79 Å². The first-order chi connectivity index (χ1) is 7.80. The van der Waals surface area contributed by atoms with Crippen molar-refractivity contribution in [3.05, 3.63) is 18.0 Å². The van der Waals surface area contributed by atoms with Crippen LogP contribution in [0.25, 0.3) is 0 Å². The number of aliphatic hydroxyl groups is 1. The van der Waals surface area contributed by atoms with Crippen molar-refractivity contribution in [2.45, 2.75) is 4.90 Å². The molecule has 0 aliphatic carbocycles. The van der Waals surface area contributed by atoms with Gasteiger partial charge in [0.1, 0.15) is 10.6 Å². The molecule has 0 fully saturated rings. The van der Waals surface area contributed by atoms with Gasteiger partial charge in [-0.2, -0.15) is 4.31 Å². The molecule has 0 aliphatic rings. The zero-order valence-electron chi connectivity index (χ0n) is 9.62. The van der Waals surface area contributed by atoms with Crippen LogP contribution in [0.15, 0.2) is 17.2 Å². The molecule has 1 aromatic heterocycles. The van der Waals surface area contributed by atoms with Crippen LogP contribution >= 0.6 is 0 Å². The lowest BCUT2D eigenvalue weighted by atomic mass is 10.4. The van der Waals surface area contributed by atoms with E-state index in [2.05, 4.69) is 0 Å². The molecule has 8 heteroatoms. The lowest BCUT2D eigenvalue weighted by molar-refractivity contribution is 0.0992. The van der Waals surface area contributed by atoms with E-state index in [1.165, 1.54) is 30.9 Å². The number of primary amides is 1. The highest BCUT2D eigenvalue weighted by atomic mass is 32.2. The maximum absolute atomic E-state index is 12.0. The molecular weight excluding hydrogens is 246 g/mol. The van der Waals surface area contributed by atoms with Crippen molar-refractivity contribution < 1.29 is 18.3 Å². The number of carbonyl (C=O) groups is 1. The molecule has 0 saturated carbocycles. The minimum Gasteiger partial charge on any atom is -0.395 e. The van der Waals surface area contributed by atoms with Gasteiger partial charge in [0.2, 0.25) is 10.0 Å². The van der Waals surface area contributed by atoms with E-state index >= 15 is 0 Å². The summed E-state index contributed by atoms with van der Waals surface area (Å²) in [5.41, 5.74) is 5.21. The molecule has 17 heavy (non-hydrogen) atoms. The molecule has 0 aliphatic heterocycles. The second-order valence-corrected chi connectivity index (χ2v) is 5.63. The molecule has 3 N–H and O–H groups in total. The van der Waals surface area contributed by atoms with E-state index < -0.39 is 15.9 Å². The number of aryl methyl sites for hydroxylation is 1. The zero-order valence-corrected chi connectivity index (χ0v) is 10.4. The van der Waals surface area contributed by atoms with Crippen LogP contribution in [0.1, 0.15) is 10.5 Å². The van der Waals surface area contributed by atoms with Crippen molar-refractivity contribution >= 4 is 15.9 Å². The fourth-order valence-corrected chi connectivity index (χ4v) is 2.59. The van der Waals surface area contributed by atoms with Gasteiger partial charge in [-0.1, -0.05) is 0 Å². The average molecular weight is 261 g/mol. The second kappa shape index (κ2) is 4.86. The summed E-state index contributed by atoms with van der Waals surface area (Å²) < 4.78 is 26.3. The molecule has 0 saturated heterocycles. The minimum absolute atomic E-state index is 0.0108. The molecule has 96 valence electrons. The Bertz CT molecular complexity index is 520. The summed E-state index contributed by atoms with van der Waals surface area (Å²) in [5.74, 6) is -0.696. The van der Waals surface area contributed by atoms with Crippen LogP contribution in [0.5, 0.6) is 0 Å². The maximum atomic E-state index is 12.0. The predicted molar refractivity (Wildman–Crippen MR) is 60.8 cm³/mol. The van der Waals surface area contributed by atoms with Crippen molar-refractivity contribution in [3.8, 4) is 0 Å². The Morgan fingerprint density at radius 1 is 1.59 bits per heavy atom. The van der Waals surface area contributed by atoms with Gasteiger partial charge in [-0.15, -0.1) is 0 Å². The summed E-state index contributed by atoms with van der Waals surface area (Å²) in [6.07, 6.45) is 1.31. The van der Waals surface area contributed by atoms with Crippen LogP contribution in [0, 0.1) is 0 Å². The third kappa shape index (κ3) is 2.65. The van der Waals surface area contributed by atoms with Gasteiger partial charge >= 0.3 is 0 Å². The van der Waals surface area contributed by atoms with Crippen molar-refractivity contribution in [1.82, 2.24) is 8.87 Å². The molecule has 0 bridgehead atoms. The third-order valence-electron chi connectivity index (χ3n) is 2.36. The second-order valence-electron chi connectivity index (χ2n) is 3.59. The van der Waals surface area contributed by atoms with Crippen molar-refractivity contribution in [3.63, 3.8) is 0 Å². The largest absolute Gasteiger partial charge is 0.395 e. The first-order valence-electron chi connectivity index (χ1n) is 4.84. The number of sulfonamides is 1. The quantitative estimate of drug-likeness (QED) is 0.689. The standard InChI is InChI=1S/C9H15N3O4S/c1-11-6-7(5-8(11)9(10)14)17(15,16)12(2)3-4-13/h5-6,13H,3-4H2,1-2H3,(H2,10,14). The van der Waals surface area contributed by atoms with Crippen molar-refractivity contribution in [2.75, 3.05) is 20.2 Å². The first kappa shape index (κ1) is 13.7. The first-order valence-corrected chi connectivity index (χ1v) is 6.28. The fourth-order valence-electron chi connectivity index (χ4n) is 1.36. The highest BCUT2D eigenvalue weighted by Crippen LogP contribution is 2.16. The smallest absolute Gasteiger partial charge is 0.265 e. The Hall–Kier alpha value is -1.38. The normalized spacial score (nSPS) is 12.0. The van der Waals surface area contributed by atoms with E-state index in [-0.39, 0.29) is 23.7 Å². The van der Waals surface area contributed by atoms with Gasteiger partial charge in [0.25, 0.3) is 5.91 Å². The van der Waals surface area contributed by atoms with E-state index in [1.807, 2.05) is 0 Å². The SMILES string of the molecule is CN(CCO)S(=O)(=O)c1cc(C(N)=O)n(C)c1. The fraction of sp³-hybridized carbons (Fsp3) is 0.444. The summed E-state index contributed by atoms with van der Waals surface area (Å²) in [6.45, 7) is -0.283. The molecule has 0 radical (unpaired) electrons. The van der Waals surface area contributed by atoms with Crippen molar-refractivity contribution in [2.24, 2.45) is 12.8 Å². The number of hydrogen-bond donors (Lipinski definition) is 2. The summed E-state index contributed by atoms with van der Waals surface area (Å²) >= 11 is 0. The number of nitrogens with zero attached hydrogens (tertiary/aromatic N) is 2. The van der Waals surface area contributed by atoms with E-state index in [0.29, 0.717) is 0 Å². The minimum atomic E-state index is -3.69. The summed E-state index contributed by atoms with van der Waals surface area (Å²) in [7, 11) is -0.809. The van der Waals surface area contributed by atoms with Crippen LogP contribution in [0.4, 0.5) is 0 Å². The zero-order chi connectivity index (χ0) is 13.2. The molecule has 7 nitrogen and oxygen atoms in total. The lowest BCUT2D eigenvalue weighted by Crippen LogP contribution is -2.29. The number of aromatic nitrogens is 1.